The minimum Gasteiger partial charge on any atom is -0.365 e. The van der Waals surface area contributed by atoms with Crippen LogP contribution in [0.4, 0.5) is 13.2 Å². The molecule has 0 aliphatic rings. The van der Waals surface area contributed by atoms with Crippen molar-refractivity contribution in [2.45, 2.75) is 32.2 Å². The molecule has 1 rings (SSSR count). The molecule has 0 spiro atoms. The molecular weight excluding hydrogens is 243 g/mol. The average molecular weight is 261 g/mol. The Labute approximate surface area is 105 Å². The maximum Gasteiger partial charge on any atom is 0.411 e. The van der Waals surface area contributed by atoms with Crippen molar-refractivity contribution in [2.75, 3.05) is 13.2 Å². The van der Waals surface area contributed by atoms with E-state index >= 15 is 0 Å². The molecule has 18 heavy (non-hydrogen) atoms. The third kappa shape index (κ3) is 6.61. The van der Waals surface area contributed by atoms with E-state index in [4.69, 9.17) is 4.74 Å². The number of alkyl halides is 3. The number of rotatable bonds is 6. The second-order valence-electron chi connectivity index (χ2n) is 4.75. The zero-order chi connectivity index (χ0) is 13.6. The molecule has 0 amide bonds. The van der Waals surface area contributed by atoms with Gasteiger partial charge < -0.3 is 10.1 Å². The molecule has 0 unspecified atom stereocenters. The lowest BCUT2D eigenvalue weighted by atomic mass is 10.1. The van der Waals surface area contributed by atoms with Crippen molar-refractivity contribution in [3.05, 3.63) is 35.9 Å². The molecule has 0 saturated heterocycles. The van der Waals surface area contributed by atoms with Gasteiger partial charge in [-0.1, -0.05) is 30.3 Å². The van der Waals surface area contributed by atoms with Crippen LogP contribution in [0.25, 0.3) is 0 Å². The van der Waals surface area contributed by atoms with E-state index in [0.29, 0.717) is 13.1 Å². The van der Waals surface area contributed by atoms with E-state index in [9.17, 15) is 13.2 Å². The summed E-state index contributed by atoms with van der Waals surface area (Å²) in [5.41, 5.74) is 0.244. The van der Waals surface area contributed by atoms with Gasteiger partial charge in [-0.15, -0.1) is 0 Å². The summed E-state index contributed by atoms with van der Waals surface area (Å²) in [5, 5.41) is 3.09. The molecule has 0 bridgehead atoms. The second kappa shape index (κ2) is 6.20. The zero-order valence-electron chi connectivity index (χ0n) is 10.6. The maximum absolute atomic E-state index is 12.0. The predicted octanol–water partition coefficient (Wildman–Crippen LogP) is 3.13. The second-order valence-corrected chi connectivity index (χ2v) is 4.75. The van der Waals surface area contributed by atoms with Gasteiger partial charge in [0.1, 0.15) is 6.61 Å². The summed E-state index contributed by atoms with van der Waals surface area (Å²) in [5.74, 6) is 0. The van der Waals surface area contributed by atoms with Crippen molar-refractivity contribution < 1.29 is 17.9 Å². The molecule has 0 aliphatic carbocycles. The van der Waals surface area contributed by atoms with Gasteiger partial charge in [-0.25, -0.2) is 0 Å². The van der Waals surface area contributed by atoms with Gasteiger partial charge in [-0.05, 0) is 19.4 Å². The smallest absolute Gasteiger partial charge is 0.365 e. The van der Waals surface area contributed by atoms with Crippen molar-refractivity contribution in [3.63, 3.8) is 0 Å². The molecule has 102 valence electrons. The molecule has 1 aromatic rings. The van der Waals surface area contributed by atoms with Crippen LogP contribution in [-0.2, 0) is 11.3 Å². The first kappa shape index (κ1) is 15.0. The molecule has 0 fully saturated rings. The topological polar surface area (TPSA) is 21.3 Å². The first-order valence-electron chi connectivity index (χ1n) is 5.74. The van der Waals surface area contributed by atoms with Gasteiger partial charge in [0, 0.05) is 13.1 Å². The van der Waals surface area contributed by atoms with Gasteiger partial charge in [-0.3, -0.25) is 0 Å². The normalized spacial score (nSPS) is 12.7. The summed E-state index contributed by atoms with van der Waals surface area (Å²) in [6.07, 6.45) is -4.28. The quantitative estimate of drug-likeness (QED) is 0.849. The van der Waals surface area contributed by atoms with Gasteiger partial charge >= 0.3 is 6.18 Å². The predicted molar refractivity (Wildman–Crippen MR) is 64.2 cm³/mol. The number of halogens is 3. The Kier molecular flexibility index (Phi) is 5.16. The van der Waals surface area contributed by atoms with Crippen molar-refractivity contribution in [3.8, 4) is 0 Å². The molecule has 0 radical (unpaired) electrons. The molecule has 0 aliphatic heterocycles. The Morgan fingerprint density at radius 1 is 1.11 bits per heavy atom. The standard InChI is InChI=1S/C13H18F3NO/c1-12(2,18-10-13(14,15)16)9-17-8-11-6-4-3-5-7-11/h3-7,17H,8-10H2,1-2H3. The molecule has 0 aromatic heterocycles. The van der Waals surface area contributed by atoms with E-state index in [0.717, 1.165) is 5.56 Å². The van der Waals surface area contributed by atoms with Crippen LogP contribution < -0.4 is 5.32 Å². The number of hydrogen-bond donors (Lipinski definition) is 1. The first-order chi connectivity index (χ1) is 8.29. The highest BCUT2D eigenvalue weighted by atomic mass is 19.4. The monoisotopic (exact) mass is 261 g/mol. The van der Waals surface area contributed by atoms with Gasteiger partial charge in [-0.2, -0.15) is 13.2 Å². The van der Waals surface area contributed by atoms with Crippen LogP contribution in [0, 0.1) is 0 Å². The van der Waals surface area contributed by atoms with Gasteiger partial charge in [0.25, 0.3) is 0 Å². The molecule has 0 heterocycles. The Balaban J connectivity index is 2.29. The summed E-state index contributed by atoms with van der Waals surface area (Å²) >= 11 is 0. The summed E-state index contributed by atoms with van der Waals surface area (Å²) in [7, 11) is 0. The Hall–Kier alpha value is -1.07. The molecule has 0 atom stereocenters. The van der Waals surface area contributed by atoms with Crippen LogP contribution >= 0.6 is 0 Å². The fraction of sp³-hybridized carbons (Fsp3) is 0.538. The zero-order valence-corrected chi connectivity index (χ0v) is 10.6. The van der Waals surface area contributed by atoms with Crippen LogP contribution in [0.15, 0.2) is 30.3 Å². The van der Waals surface area contributed by atoms with Gasteiger partial charge in [0.15, 0.2) is 0 Å². The summed E-state index contributed by atoms with van der Waals surface area (Å²) < 4.78 is 40.9. The lowest BCUT2D eigenvalue weighted by Crippen LogP contribution is -2.39. The third-order valence-corrected chi connectivity index (χ3v) is 2.35. The number of hydrogen-bond acceptors (Lipinski definition) is 2. The lowest BCUT2D eigenvalue weighted by molar-refractivity contribution is -0.199. The average Bonchev–Trinajstić information content (AvgIpc) is 2.27. The lowest BCUT2D eigenvalue weighted by Gasteiger charge is -2.26. The van der Waals surface area contributed by atoms with E-state index in [1.54, 1.807) is 13.8 Å². The Morgan fingerprint density at radius 3 is 2.28 bits per heavy atom. The fourth-order valence-electron chi connectivity index (χ4n) is 1.43. The first-order valence-corrected chi connectivity index (χ1v) is 5.74. The van der Waals surface area contributed by atoms with Crippen molar-refractivity contribution in [1.82, 2.24) is 5.32 Å². The third-order valence-electron chi connectivity index (χ3n) is 2.35. The van der Waals surface area contributed by atoms with Crippen molar-refractivity contribution >= 4 is 0 Å². The molecule has 0 saturated carbocycles. The van der Waals surface area contributed by atoms with Gasteiger partial charge in [0.05, 0.1) is 5.60 Å². The Bertz CT molecular complexity index is 349. The highest BCUT2D eigenvalue weighted by Gasteiger charge is 2.31. The van der Waals surface area contributed by atoms with Crippen LogP contribution in [0.2, 0.25) is 0 Å². The minimum absolute atomic E-state index is 0.359. The van der Waals surface area contributed by atoms with Crippen LogP contribution in [0.1, 0.15) is 19.4 Å². The minimum atomic E-state index is -4.28. The number of benzene rings is 1. The number of ether oxygens (including phenoxy) is 1. The highest BCUT2D eigenvalue weighted by molar-refractivity contribution is 5.14. The largest absolute Gasteiger partial charge is 0.411 e. The Morgan fingerprint density at radius 2 is 1.72 bits per heavy atom. The van der Waals surface area contributed by atoms with E-state index in [1.165, 1.54) is 0 Å². The van der Waals surface area contributed by atoms with Crippen molar-refractivity contribution in [1.29, 1.82) is 0 Å². The van der Waals surface area contributed by atoms with E-state index in [1.807, 2.05) is 30.3 Å². The van der Waals surface area contributed by atoms with Gasteiger partial charge in [0.2, 0.25) is 0 Å². The van der Waals surface area contributed by atoms with Crippen LogP contribution in [-0.4, -0.2) is 24.9 Å². The van der Waals surface area contributed by atoms with E-state index in [-0.39, 0.29) is 0 Å². The van der Waals surface area contributed by atoms with E-state index < -0.39 is 18.4 Å². The van der Waals surface area contributed by atoms with Crippen molar-refractivity contribution in [2.24, 2.45) is 0 Å². The summed E-state index contributed by atoms with van der Waals surface area (Å²) in [6, 6.07) is 9.66. The SMILES string of the molecule is CC(C)(CNCc1ccccc1)OCC(F)(F)F. The van der Waals surface area contributed by atoms with E-state index in [2.05, 4.69) is 5.32 Å². The molecule has 1 N–H and O–H groups in total. The molecule has 5 heteroatoms. The molecule has 2 nitrogen and oxygen atoms in total. The van der Waals surface area contributed by atoms with Crippen LogP contribution in [0.3, 0.4) is 0 Å². The van der Waals surface area contributed by atoms with Crippen LogP contribution in [0.5, 0.6) is 0 Å². The summed E-state index contributed by atoms with van der Waals surface area (Å²) in [6.45, 7) is 3.03. The molecule has 1 aromatic carbocycles. The number of nitrogens with one attached hydrogen (secondary N) is 1. The fourth-order valence-corrected chi connectivity index (χ4v) is 1.43. The highest BCUT2D eigenvalue weighted by Crippen LogP contribution is 2.19. The maximum atomic E-state index is 12.0. The summed E-state index contributed by atoms with van der Waals surface area (Å²) in [4.78, 5) is 0. The molecular formula is C13H18F3NO.